The second-order valence-electron chi connectivity index (χ2n) is 5.95. The average Bonchev–Trinajstić information content (AvgIpc) is 3.21. The Balaban J connectivity index is 1.81. The molecule has 1 fully saturated rings. The minimum atomic E-state index is 0.149. The van der Waals surface area contributed by atoms with E-state index in [1.165, 1.54) is 0 Å². The van der Waals surface area contributed by atoms with E-state index < -0.39 is 0 Å². The maximum Gasteiger partial charge on any atom is 0.255 e. The third-order valence-electron chi connectivity index (χ3n) is 4.63. The van der Waals surface area contributed by atoms with Crippen molar-refractivity contribution in [2.24, 2.45) is 0 Å². The lowest BCUT2D eigenvalue weighted by atomic mass is 10.2. The van der Waals surface area contributed by atoms with Gasteiger partial charge in [-0.2, -0.15) is 0 Å². The van der Waals surface area contributed by atoms with Gasteiger partial charge < -0.3 is 9.47 Å². The van der Waals surface area contributed by atoms with Gasteiger partial charge in [0.15, 0.2) is 0 Å². The summed E-state index contributed by atoms with van der Waals surface area (Å²) in [6.45, 7) is 8.65. The summed E-state index contributed by atoms with van der Waals surface area (Å²) >= 11 is 0. The molecule has 3 heterocycles. The Morgan fingerprint density at radius 2 is 2.23 bits per heavy atom. The van der Waals surface area contributed by atoms with Gasteiger partial charge in [0, 0.05) is 30.7 Å². The van der Waals surface area contributed by atoms with E-state index >= 15 is 0 Å². The fourth-order valence-corrected chi connectivity index (χ4v) is 3.50. The van der Waals surface area contributed by atoms with Crippen LogP contribution >= 0.6 is 0 Å². The number of aromatic nitrogens is 4. The molecule has 6 nitrogen and oxygen atoms in total. The number of nitrogens with zero attached hydrogens (tertiary/aromatic N) is 5. The second kappa shape index (κ2) is 5.94. The van der Waals surface area contributed by atoms with Crippen LogP contribution in [0.2, 0.25) is 0 Å². The monoisotopic (exact) mass is 301 g/mol. The van der Waals surface area contributed by atoms with E-state index in [0.29, 0.717) is 0 Å². The normalized spacial score (nSPS) is 18.1. The number of aryl methyl sites for hydroxylation is 1. The van der Waals surface area contributed by atoms with Crippen LogP contribution in [0.5, 0.6) is 0 Å². The molecule has 0 saturated carbocycles. The van der Waals surface area contributed by atoms with Crippen LogP contribution in [0.25, 0.3) is 0 Å². The zero-order valence-electron chi connectivity index (χ0n) is 13.5. The van der Waals surface area contributed by atoms with E-state index in [1.54, 1.807) is 6.20 Å². The number of hydrogen-bond donors (Lipinski definition) is 0. The lowest BCUT2D eigenvalue weighted by molar-refractivity contribution is 0.0720. The van der Waals surface area contributed by atoms with Gasteiger partial charge in [0.1, 0.15) is 0 Å². The fourth-order valence-electron chi connectivity index (χ4n) is 3.50. The standard InChI is InChI=1S/C16H23N5O/c1-4-20-12(2)10-15(13(20)3)16(22)21-8-5-6-14(21)11-19-9-7-17-18-19/h7,9-10,14H,4-6,8,11H2,1-3H3/t14-/m0/s1. The highest BCUT2D eigenvalue weighted by Crippen LogP contribution is 2.24. The van der Waals surface area contributed by atoms with E-state index in [9.17, 15) is 4.79 Å². The van der Waals surface area contributed by atoms with Crippen LogP contribution < -0.4 is 0 Å². The summed E-state index contributed by atoms with van der Waals surface area (Å²) in [5.41, 5.74) is 3.05. The fraction of sp³-hybridized carbons (Fsp3) is 0.562. The summed E-state index contributed by atoms with van der Waals surface area (Å²) in [7, 11) is 0. The summed E-state index contributed by atoms with van der Waals surface area (Å²) in [6.07, 6.45) is 5.61. The van der Waals surface area contributed by atoms with Gasteiger partial charge in [-0.05, 0) is 39.7 Å². The van der Waals surface area contributed by atoms with Crippen LogP contribution in [0.3, 0.4) is 0 Å². The van der Waals surface area contributed by atoms with Crippen LogP contribution in [0.15, 0.2) is 18.5 Å². The van der Waals surface area contributed by atoms with Gasteiger partial charge >= 0.3 is 0 Å². The van der Waals surface area contributed by atoms with E-state index in [-0.39, 0.29) is 11.9 Å². The van der Waals surface area contributed by atoms with Crippen molar-refractivity contribution in [1.82, 2.24) is 24.5 Å². The predicted octanol–water partition coefficient (Wildman–Crippen LogP) is 2.02. The number of likely N-dealkylation sites (tertiary alicyclic amines) is 1. The minimum Gasteiger partial charge on any atom is -0.349 e. The van der Waals surface area contributed by atoms with E-state index in [4.69, 9.17) is 0 Å². The van der Waals surface area contributed by atoms with Crippen molar-refractivity contribution in [1.29, 1.82) is 0 Å². The van der Waals surface area contributed by atoms with Gasteiger partial charge in [-0.3, -0.25) is 9.48 Å². The second-order valence-corrected chi connectivity index (χ2v) is 5.95. The number of carbonyl (C=O) groups is 1. The molecule has 0 bridgehead atoms. The first kappa shape index (κ1) is 14.8. The van der Waals surface area contributed by atoms with E-state index in [0.717, 1.165) is 49.4 Å². The molecule has 0 aromatic carbocycles. The highest BCUT2D eigenvalue weighted by Gasteiger charge is 2.31. The van der Waals surface area contributed by atoms with E-state index in [2.05, 4.69) is 28.7 Å². The molecule has 0 radical (unpaired) electrons. The van der Waals surface area contributed by atoms with Gasteiger partial charge in [0.05, 0.1) is 24.3 Å². The van der Waals surface area contributed by atoms with Crippen molar-refractivity contribution in [3.63, 3.8) is 0 Å². The molecule has 0 N–H and O–H groups in total. The van der Waals surface area contributed by atoms with Crippen molar-refractivity contribution in [2.75, 3.05) is 6.54 Å². The summed E-state index contributed by atoms with van der Waals surface area (Å²) in [5.74, 6) is 0.149. The minimum absolute atomic E-state index is 0.149. The van der Waals surface area contributed by atoms with Crippen molar-refractivity contribution in [3.05, 3.63) is 35.4 Å². The highest BCUT2D eigenvalue weighted by atomic mass is 16.2. The first-order valence-electron chi connectivity index (χ1n) is 7.93. The van der Waals surface area contributed by atoms with Crippen molar-refractivity contribution in [2.45, 2.75) is 52.7 Å². The lowest BCUT2D eigenvalue weighted by Crippen LogP contribution is -2.38. The third kappa shape index (κ3) is 2.53. The number of carbonyl (C=O) groups excluding carboxylic acids is 1. The predicted molar refractivity (Wildman–Crippen MR) is 83.7 cm³/mol. The van der Waals surface area contributed by atoms with Crippen molar-refractivity contribution in [3.8, 4) is 0 Å². The SMILES string of the molecule is CCn1c(C)cc(C(=O)N2CCC[C@H]2Cn2ccnn2)c1C. The molecule has 3 rings (SSSR count). The first-order chi connectivity index (χ1) is 10.6. The molecule has 0 aliphatic carbocycles. The molecular weight excluding hydrogens is 278 g/mol. The van der Waals surface area contributed by atoms with Crippen LogP contribution in [-0.2, 0) is 13.1 Å². The molecular formula is C16H23N5O. The van der Waals surface area contributed by atoms with Crippen LogP contribution in [0.4, 0.5) is 0 Å². The molecule has 2 aromatic rings. The molecule has 1 amide bonds. The van der Waals surface area contributed by atoms with E-state index in [1.807, 2.05) is 28.8 Å². The zero-order valence-corrected chi connectivity index (χ0v) is 13.5. The molecule has 22 heavy (non-hydrogen) atoms. The van der Waals surface area contributed by atoms with Gasteiger partial charge in [-0.25, -0.2) is 0 Å². The van der Waals surface area contributed by atoms with Gasteiger partial charge in [-0.1, -0.05) is 5.21 Å². The molecule has 1 saturated heterocycles. The van der Waals surface area contributed by atoms with Gasteiger partial charge in [0.2, 0.25) is 0 Å². The zero-order chi connectivity index (χ0) is 15.7. The summed E-state index contributed by atoms with van der Waals surface area (Å²) in [6, 6.07) is 2.23. The van der Waals surface area contributed by atoms with Crippen LogP contribution in [0.1, 0.15) is 41.5 Å². The third-order valence-corrected chi connectivity index (χ3v) is 4.63. The summed E-state index contributed by atoms with van der Waals surface area (Å²) < 4.78 is 4.00. The Morgan fingerprint density at radius 3 is 2.86 bits per heavy atom. The highest BCUT2D eigenvalue weighted by molar-refractivity contribution is 5.96. The summed E-state index contributed by atoms with van der Waals surface area (Å²) in [5, 5.41) is 7.86. The molecule has 2 aromatic heterocycles. The lowest BCUT2D eigenvalue weighted by Gasteiger charge is -2.24. The molecule has 1 aliphatic heterocycles. The Bertz CT molecular complexity index is 658. The Morgan fingerprint density at radius 1 is 1.41 bits per heavy atom. The number of amides is 1. The maximum absolute atomic E-state index is 13.0. The van der Waals surface area contributed by atoms with Gasteiger partial charge in [0.25, 0.3) is 5.91 Å². The first-order valence-corrected chi connectivity index (χ1v) is 7.93. The quantitative estimate of drug-likeness (QED) is 0.868. The van der Waals surface area contributed by atoms with Crippen molar-refractivity contribution < 1.29 is 4.79 Å². The molecule has 1 aliphatic rings. The average molecular weight is 301 g/mol. The van der Waals surface area contributed by atoms with Crippen LogP contribution in [-0.4, -0.2) is 43.0 Å². The Kier molecular flexibility index (Phi) is 4.00. The summed E-state index contributed by atoms with van der Waals surface area (Å²) in [4.78, 5) is 15.0. The molecule has 0 unspecified atom stereocenters. The maximum atomic E-state index is 13.0. The Labute approximate surface area is 130 Å². The smallest absolute Gasteiger partial charge is 0.255 e. The Hall–Kier alpha value is -2.11. The molecule has 6 heteroatoms. The van der Waals surface area contributed by atoms with Crippen molar-refractivity contribution >= 4 is 5.91 Å². The number of hydrogen-bond acceptors (Lipinski definition) is 3. The molecule has 0 spiro atoms. The van der Waals surface area contributed by atoms with Crippen LogP contribution in [0, 0.1) is 13.8 Å². The van der Waals surface area contributed by atoms with Gasteiger partial charge in [-0.15, -0.1) is 5.10 Å². The molecule has 1 atom stereocenters. The molecule has 118 valence electrons. The topological polar surface area (TPSA) is 56.0 Å². The number of rotatable bonds is 4. The largest absolute Gasteiger partial charge is 0.349 e.